The smallest absolute Gasteiger partial charge is 0.326 e. The number of hydrogen-bond donors (Lipinski definition) is 3. The molecule has 2 unspecified atom stereocenters. The van der Waals surface area contributed by atoms with Crippen LogP contribution in [0.3, 0.4) is 0 Å². The highest BCUT2D eigenvalue weighted by molar-refractivity contribution is 5.83. The molecule has 0 radical (unpaired) electrons. The van der Waals surface area contributed by atoms with E-state index in [-0.39, 0.29) is 25.1 Å². The van der Waals surface area contributed by atoms with E-state index in [1.807, 2.05) is 0 Å². The second kappa shape index (κ2) is 5.21. The van der Waals surface area contributed by atoms with Crippen LogP contribution in [-0.4, -0.2) is 64.6 Å². The topological polar surface area (TPSA) is 99.1 Å². The lowest BCUT2D eigenvalue weighted by molar-refractivity contribution is -0.141. The van der Waals surface area contributed by atoms with Crippen LogP contribution in [0.2, 0.25) is 0 Å². The monoisotopic (exact) mass is 284 g/mol. The molecule has 1 aliphatic carbocycles. The Labute approximate surface area is 116 Å². The van der Waals surface area contributed by atoms with Crippen molar-refractivity contribution in [1.82, 2.24) is 10.2 Å². The number of carbonyl (C=O) groups is 2. The number of carboxylic acids is 1. The summed E-state index contributed by atoms with van der Waals surface area (Å²) in [5.41, 5.74) is 0. The molecule has 0 bridgehead atoms. The van der Waals surface area contributed by atoms with Gasteiger partial charge in [0.2, 0.25) is 0 Å². The standard InChI is InChI=1S/C13H20N2O5/c16-8-5-10(12(17)18)15(6-8)13(19)14-9-3-4-20-11(9)7-1-2-7/h7-11,16H,1-6H2,(H,14,19)(H,17,18)/t8-,9?,10-,11?/m1/s1. The number of ether oxygens (including phenoxy) is 1. The fraction of sp³-hybridized carbons (Fsp3) is 0.846. The van der Waals surface area contributed by atoms with Gasteiger partial charge in [-0.1, -0.05) is 0 Å². The number of aliphatic hydroxyl groups excluding tert-OH is 1. The van der Waals surface area contributed by atoms with Crippen molar-refractivity contribution in [2.75, 3.05) is 13.2 Å². The number of aliphatic carboxylic acids is 1. The third kappa shape index (κ3) is 2.60. The van der Waals surface area contributed by atoms with Crippen LogP contribution in [0.15, 0.2) is 0 Å². The molecule has 20 heavy (non-hydrogen) atoms. The highest BCUT2D eigenvalue weighted by atomic mass is 16.5. The molecule has 0 aromatic heterocycles. The van der Waals surface area contributed by atoms with Crippen LogP contribution < -0.4 is 5.32 Å². The van der Waals surface area contributed by atoms with Crippen molar-refractivity contribution < 1.29 is 24.5 Å². The lowest BCUT2D eigenvalue weighted by Gasteiger charge is -2.26. The summed E-state index contributed by atoms with van der Waals surface area (Å²) in [4.78, 5) is 24.6. The number of likely N-dealkylation sites (tertiary alicyclic amines) is 1. The Balaban J connectivity index is 1.61. The number of aliphatic hydroxyl groups is 1. The first kappa shape index (κ1) is 13.6. The molecule has 3 rings (SSSR count). The fourth-order valence-corrected chi connectivity index (χ4v) is 3.17. The van der Waals surface area contributed by atoms with Crippen molar-refractivity contribution in [2.45, 2.75) is 50.0 Å². The molecule has 0 spiro atoms. The third-order valence-corrected chi connectivity index (χ3v) is 4.36. The van der Waals surface area contributed by atoms with E-state index in [0.717, 1.165) is 19.3 Å². The van der Waals surface area contributed by atoms with Gasteiger partial charge in [-0.3, -0.25) is 0 Å². The third-order valence-electron chi connectivity index (χ3n) is 4.36. The van der Waals surface area contributed by atoms with Gasteiger partial charge in [0.25, 0.3) is 0 Å². The van der Waals surface area contributed by atoms with E-state index in [0.29, 0.717) is 12.5 Å². The van der Waals surface area contributed by atoms with Crippen molar-refractivity contribution in [1.29, 1.82) is 0 Å². The van der Waals surface area contributed by atoms with Crippen LogP contribution in [-0.2, 0) is 9.53 Å². The molecule has 7 nitrogen and oxygen atoms in total. The number of amides is 2. The molecular weight excluding hydrogens is 264 g/mol. The maximum absolute atomic E-state index is 12.2. The molecule has 2 amide bonds. The van der Waals surface area contributed by atoms with E-state index in [9.17, 15) is 14.7 Å². The summed E-state index contributed by atoms with van der Waals surface area (Å²) >= 11 is 0. The molecule has 0 aromatic rings. The number of β-amino-alcohol motifs (C(OH)–C–C–N with tert-alkyl or cyclic N) is 1. The Bertz CT molecular complexity index is 412. The summed E-state index contributed by atoms with van der Waals surface area (Å²) in [7, 11) is 0. The van der Waals surface area contributed by atoms with Crippen molar-refractivity contribution in [3.8, 4) is 0 Å². The Morgan fingerprint density at radius 3 is 2.65 bits per heavy atom. The van der Waals surface area contributed by atoms with Crippen molar-refractivity contribution in [3.05, 3.63) is 0 Å². The normalized spacial score (nSPS) is 37.1. The highest BCUT2D eigenvalue weighted by Crippen LogP contribution is 2.38. The second-order valence-corrected chi connectivity index (χ2v) is 5.91. The zero-order valence-corrected chi connectivity index (χ0v) is 11.2. The molecule has 112 valence electrons. The maximum atomic E-state index is 12.2. The molecule has 3 fully saturated rings. The molecule has 3 N–H and O–H groups in total. The maximum Gasteiger partial charge on any atom is 0.326 e. The largest absolute Gasteiger partial charge is 0.480 e. The second-order valence-electron chi connectivity index (χ2n) is 5.91. The van der Waals surface area contributed by atoms with Gasteiger partial charge in [0.05, 0.1) is 18.2 Å². The van der Waals surface area contributed by atoms with Crippen LogP contribution >= 0.6 is 0 Å². The summed E-state index contributed by atoms with van der Waals surface area (Å²) in [6.07, 6.45) is 2.43. The van der Waals surface area contributed by atoms with E-state index in [1.165, 1.54) is 4.90 Å². The van der Waals surface area contributed by atoms with Crippen molar-refractivity contribution >= 4 is 12.0 Å². The van der Waals surface area contributed by atoms with Crippen LogP contribution in [0.1, 0.15) is 25.7 Å². The lowest BCUT2D eigenvalue weighted by Crippen LogP contribution is -2.51. The van der Waals surface area contributed by atoms with Gasteiger partial charge >= 0.3 is 12.0 Å². The molecular formula is C13H20N2O5. The Morgan fingerprint density at radius 1 is 1.25 bits per heavy atom. The summed E-state index contributed by atoms with van der Waals surface area (Å²) in [5, 5.41) is 21.6. The van der Waals surface area contributed by atoms with Gasteiger partial charge in [-0.05, 0) is 25.2 Å². The van der Waals surface area contributed by atoms with Crippen LogP contribution in [0, 0.1) is 5.92 Å². The van der Waals surface area contributed by atoms with Crippen molar-refractivity contribution in [2.24, 2.45) is 5.92 Å². The predicted octanol–water partition coefficient (Wildman–Crippen LogP) is -0.217. The molecule has 2 saturated heterocycles. The van der Waals surface area contributed by atoms with E-state index in [2.05, 4.69) is 5.32 Å². The van der Waals surface area contributed by atoms with Gasteiger partial charge in [-0.2, -0.15) is 0 Å². The number of nitrogens with one attached hydrogen (secondary N) is 1. The van der Waals surface area contributed by atoms with Crippen molar-refractivity contribution in [3.63, 3.8) is 0 Å². The minimum absolute atomic E-state index is 0.0396. The Morgan fingerprint density at radius 2 is 2.00 bits per heavy atom. The van der Waals surface area contributed by atoms with Gasteiger partial charge in [-0.15, -0.1) is 0 Å². The SMILES string of the molecule is O=C(O)[C@H]1C[C@@H](O)CN1C(=O)NC1CCOC1C1CC1. The number of carbonyl (C=O) groups excluding carboxylic acids is 1. The van der Waals surface area contributed by atoms with Gasteiger partial charge in [0.15, 0.2) is 0 Å². The Kier molecular flexibility index (Phi) is 3.55. The zero-order valence-electron chi connectivity index (χ0n) is 11.2. The molecule has 2 aliphatic heterocycles. The zero-order chi connectivity index (χ0) is 14.3. The van der Waals surface area contributed by atoms with Crippen LogP contribution in [0.5, 0.6) is 0 Å². The van der Waals surface area contributed by atoms with Gasteiger partial charge in [-0.25, -0.2) is 9.59 Å². The molecule has 7 heteroatoms. The average molecular weight is 284 g/mol. The number of carboxylic acid groups (broad SMARTS) is 1. The average Bonchev–Trinajstić information content (AvgIpc) is 3.00. The molecule has 3 aliphatic rings. The molecule has 2 heterocycles. The number of urea groups is 1. The van der Waals surface area contributed by atoms with E-state index < -0.39 is 24.1 Å². The first-order valence-corrected chi connectivity index (χ1v) is 7.16. The lowest BCUT2D eigenvalue weighted by atomic mass is 10.1. The minimum atomic E-state index is -1.07. The number of hydrogen-bond acceptors (Lipinski definition) is 4. The number of rotatable bonds is 3. The summed E-state index contributed by atoms with van der Waals surface area (Å²) in [5.74, 6) is -0.541. The van der Waals surface area contributed by atoms with Crippen LogP contribution in [0.4, 0.5) is 4.79 Å². The molecule has 1 saturated carbocycles. The first-order valence-electron chi connectivity index (χ1n) is 7.16. The summed E-state index contributed by atoms with van der Waals surface area (Å²) in [6.45, 7) is 0.710. The predicted molar refractivity (Wildman–Crippen MR) is 68.2 cm³/mol. The molecule has 4 atom stereocenters. The minimum Gasteiger partial charge on any atom is -0.480 e. The van der Waals surface area contributed by atoms with Gasteiger partial charge < -0.3 is 25.2 Å². The van der Waals surface area contributed by atoms with E-state index in [1.54, 1.807) is 0 Å². The summed E-state index contributed by atoms with van der Waals surface area (Å²) in [6, 6.07) is -1.39. The van der Waals surface area contributed by atoms with E-state index >= 15 is 0 Å². The fourth-order valence-electron chi connectivity index (χ4n) is 3.17. The van der Waals surface area contributed by atoms with Crippen LogP contribution in [0.25, 0.3) is 0 Å². The molecule has 0 aromatic carbocycles. The Hall–Kier alpha value is -1.34. The van der Waals surface area contributed by atoms with Gasteiger partial charge in [0.1, 0.15) is 6.04 Å². The number of nitrogens with zero attached hydrogens (tertiary/aromatic N) is 1. The highest BCUT2D eigenvalue weighted by Gasteiger charge is 2.44. The van der Waals surface area contributed by atoms with E-state index in [4.69, 9.17) is 9.84 Å². The first-order chi connectivity index (χ1) is 9.56. The summed E-state index contributed by atoms with van der Waals surface area (Å²) < 4.78 is 5.65. The van der Waals surface area contributed by atoms with Gasteiger partial charge in [0, 0.05) is 19.6 Å². The quantitative estimate of drug-likeness (QED) is 0.665.